The summed E-state index contributed by atoms with van der Waals surface area (Å²) in [6.07, 6.45) is 5.36. The zero-order valence-corrected chi connectivity index (χ0v) is 13.8. The fraction of sp³-hybridized carbons (Fsp3) is 0.632. The molecule has 2 fully saturated rings. The van der Waals surface area contributed by atoms with Gasteiger partial charge < -0.3 is 10.0 Å². The maximum atomic E-state index is 13.0. The molecule has 0 radical (unpaired) electrons. The van der Waals surface area contributed by atoms with Gasteiger partial charge in [0.05, 0.1) is 6.10 Å². The Morgan fingerprint density at radius 1 is 1.22 bits per heavy atom. The third kappa shape index (κ3) is 3.42. The Kier molecular flexibility index (Phi) is 4.72. The van der Waals surface area contributed by atoms with Crippen molar-refractivity contribution in [2.75, 3.05) is 13.1 Å². The van der Waals surface area contributed by atoms with E-state index in [0.29, 0.717) is 5.91 Å². The van der Waals surface area contributed by atoms with E-state index >= 15 is 0 Å². The molecule has 0 spiro atoms. The molecule has 1 aliphatic carbocycles. The number of aliphatic hydroxyl groups excluding tert-OH is 1. The summed E-state index contributed by atoms with van der Waals surface area (Å²) in [7, 11) is 0. The van der Waals surface area contributed by atoms with Gasteiger partial charge in [-0.1, -0.05) is 31.9 Å². The molecular weight excluding hydrogens is 293 g/mol. The molecular formula is C19H26FNO2. The highest BCUT2D eigenvalue weighted by molar-refractivity contribution is 5.82. The quantitative estimate of drug-likeness (QED) is 0.923. The van der Waals surface area contributed by atoms with Crippen molar-refractivity contribution in [2.45, 2.75) is 51.6 Å². The minimum absolute atomic E-state index is 0.140. The van der Waals surface area contributed by atoms with Crippen LogP contribution in [-0.4, -0.2) is 29.0 Å². The lowest BCUT2D eigenvalue weighted by Crippen LogP contribution is -2.45. The molecule has 1 aromatic rings. The number of benzene rings is 1. The fourth-order valence-corrected chi connectivity index (χ4v) is 4.10. The number of hydrogen-bond acceptors (Lipinski definition) is 2. The van der Waals surface area contributed by atoms with E-state index in [2.05, 4.69) is 6.92 Å². The minimum Gasteiger partial charge on any atom is -0.388 e. The van der Waals surface area contributed by atoms with Crippen LogP contribution in [0, 0.1) is 17.2 Å². The van der Waals surface area contributed by atoms with Crippen LogP contribution >= 0.6 is 0 Å². The van der Waals surface area contributed by atoms with Gasteiger partial charge in [0.15, 0.2) is 0 Å². The molecule has 1 heterocycles. The summed E-state index contributed by atoms with van der Waals surface area (Å²) in [5, 5.41) is 10.5. The average molecular weight is 319 g/mol. The van der Waals surface area contributed by atoms with Crippen molar-refractivity contribution in [1.29, 1.82) is 0 Å². The molecule has 3 nitrogen and oxygen atoms in total. The van der Waals surface area contributed by atoms with Gasteiger partial charge in [0.25, 0.3) is 0 Å². The van der Waals surface area contributed by atoms with Gasteiger partial charge in [-0.25, -0.2) is 4.39 Å². The van der Waals surface area contributed by atoms with Crippen molar-refractivity contribution in [3.63, 3.8) is 0 Å². The van der Waals surface area contributed by atoms with Crippen molar-refractivity contribution in [2.24, 2.45) is 11.3 Å². The topological polar surface area (TPSA) is 40.5 Å². The van der Waals surface area contributed by atoms with Crippen molar-refractivity contribution in [1.82, 2.24) is 4.90 Å². The Balaban J connectivity index is 1.57. The molecule has 4 heteroatoms. The van der Waals surface area contributed by atoms with Gasteiger partial charge in [-0.3, -0.25) is 4.79 Å². The molecule has 0 aromatic heterocycles. The Morgan fingerprint density at radius 2 is 1.78 bits per heavy atom. The highest BCUT2D eigenvalue weighted by atomic mass is 19.1. The number of amides is 1. The smallest absolute Gasteiger partial charge is 0.228 e. The number of nitrogens with zero attached hydrogens (tertiary/aromatic N) is 1. The number of carbonyl (C=O) groups excluding carboxylic acids is 1. The molecule has 3 rings (SSSR count). The van der Waals surface area contributed by atoms with Gasteiger partial charge in [0.2, 0.25) is 5.91 Å². The number of piperidine rings is 1. The highest BCUT2D eigenvalue weighted by Gasteiger charge is 2.40. The lowest BCUT2D eigenvalue weighted by molar-refractivity contribution is -0.143. The predicted octanol–water partition coefficient (Wildman–Crippen LogP) is 3.68. The molecule has 1 aliphatic heterocycles. The number of carbonyl (C=O) groups is 1. The van der Waals surface area contributed by atoms with Crippen LogP contribution in [0.25, 0.3) is 0 Å². The second kappa shape index (κ2) is 6.60. The Morgan fingerprint density at radius 3 is 2.35 bits per heavy atom. The van der Waals surface area contributed by atoms with E-state index in [1.54, 1.807) is 12.1 Å². The standard InChI is InChI=1S/C19H26FNO2/c1-19(10-2-3-11-19)18(23)21-12-8-15(9-13-21)17(22)14-4-6-16(20)7-5-14/h4-7,15,17,22H,2-3,8-13H2,1H3/t17-/m0/s1. The van der Waals surface area contributed by atoms with E-state index in [1.165, 1.54) is 12.1 Å². The molecule has 1 atom stereocenters. The zero-order valence-electron chi connectivity index (χ0n) is 13.8. The van der Waals surface area contributed by atoms with Gasteiger partial charge in [-0.15, -0.1) is 0 Å². The maximum Gasteiger partial charge on any atom is 0.228 e. The van der Waals surface area contributed by atoms with E-state index in [9.17, 15) is 14.3 Å². The van der Waals surface area contributed by atoms with Crippen LogP contribution in [0.15, 0.2) is 24.3 Å². The largest absolute Gasteiger partial charge is 0.388 e. The van der Waals surface area contributed by atoms with Crippen molar-refractivity contribution in [3.05, 3.63) is 35.6 Å². The number of rotatable bonds is 3. The van der Waals surface area contributed by atoms with Crippen molar-refractivity contribution < 1.29 is 14.3 Å². The lowest BCUT2D eigenvalue weighted by atomic mass is 9.84. The third-order valence-electron chi connectivity index (χ3n) is 5.71. The minimum atomic E-state index is -0.574. The monoisotopic (exact) mass is 319 g/mol. The summed E-state index contributed by atoms with van der Waals surface area (Å²) in [6, 6.07) is 6.07. The second-order valence-corrected chi connectivity index (χ2v) is 7.39. The van der Waals surface area contributed by atoms with Crippen molar-refractivity contribution in [3.8, 4) is 0 Å². The SMILES string of the molecule is CC1(C(=O)N2CCC([C@@H](O)c3ccc(F)cc3)CC2)CCCC1. The molecule has 126 valence electrons. The van der Waals surface area contributed by atoms with Gasteiger partial charge in [0, 0.05) is 18.5 Å². The summed E-state index contributed by atoms with van der Waals surface area (Å²) in [4.78, 5) is 14.7. The summed E-state index contributed by atoms with van der Waals surface area (Å²) < 4.78 is 13.0. The Labute approximate surface area is 137 Å². The summed E-state index contributed by atoms with van der Waals surface area (Å²) in [6.45, 7) is 3.54. The lowest BCUT2D eigenvalue weighted by Gasteiger charge is -2.38. The maximum absolute atomic E-state index is 13.0. The molecule has 0 unspecified atom stereocenters. The molecule has 1 amide bonds. The fourth-order valence-electron chi connectivity index (χ4n) is 4.10. The van der Waals surface area contributed by atoms with Crippen molar-refractivity contribution >= 4 is 5.91 Å². The van der Waals surface area contributed by atoms with Crippen LogP contribution in [0.2, 0.25) is 0 Å². The summed E-state index contributed by atoms with van der Waals surface area (Å²) in [5.41, 5.74) is 0.599. The van der Waals surface area contributed by atoms with E-state index in [1.807, 2.05) is 4.90 Å². The van der Waals surface area contributed by atoms with Gasteiger partial charge in [-0.05, 0) is 49.3 Å². The van der Waals surface area contributed by atoms with E-state index in [4.69, 9.17) is 0 Å². The van der Waals surface area contributed by atoms with Crippen LogP contribution in [0.1, 0.15) is 57.1 Å². The molecule has 1 saturated heterocycles. The van der Waals surface area contributed by atoms with Gasteiger partial charge >= 0.3 is 0 Å². The second-order valence-electron chi connectivity index (χ2n) is 7.39. The van der Waals surface area contributed by atoms with Crippen LogP contribution < -0.4 is 0 Å². The number of likely N-dealkylation sites (tertiary alicyclic amines) is 1. The first-order chi connectivity index (χ1) is 11.0. The first-order valence-corrected chi connectivity index (χ1v) is 8.72. The zero-order chi connectivity index (χ0) is 16.4. The summed E-state index contributed by atoms with van der Waals surface area (Å²) >= 11 is 0. The van der Waals surface area contributed by atoms with Crippen LogP contribution in [0.4, 0.5) is 4.39 Å². The predicted molar refractivity (Wildman–Crippen MR) is 87.2 cm³/mol. The normalized spacial score (nSPS) is 23.0. The highest BCUT2D eigenvalue weighted by Crippen LogP contribution is 2.40. The van der Waals surface area contributed by atoms with E-state index in [0.717, 1.165) is 57.2 Å². The van der Waals surface area contributed by atoms with Crippen LogP contribution in [0.5, 0.6) is 0 Å². The van der Waals surface area contributed by atoms with Crippen LogP contribution in [0.3, 0.4) is 0 Å². The van der Waals surface area contributed by atoms with Gasteiger partial charge in [0.1, 0.15) is 5.82 Å². The number of hydrogen-bond donors (Lipinski definition) is 1. The third-order valence-corrected chi connectivity index (χ3v) is 5.71. The van der Waals surface area contributed by atoms with E-state index in [-0.39, 0.29) is 17.2 Å². The Hall–Kier alpha value is -1.42. The molecule has 2 aliphatic rings. The molecule has 23 heavy (non-hydrogen) atoms. The Bertz CT molecular complexity index is 543. The first-order valence-electron chi connectivity index (χ1n) is 8.72. The average Bonchev–Trinajstić information content (AvgIpc) is 3.02. The molecule has 1 saturated carbocycles. The number of aliphatic hydroxyl groups is 1. The summed E-state index contributed by atoms with van der Waals surface area (Å²) in [5.74, 6) is 0.150. The van der Waals surface area contributed by atoms with Crippen LogP contribution in [-0.2, 0) is 4.79 Å². The first kappa shape index (κ1) is 16.4. The molecule has 1 aromatic carbocycles. The molecule has 1 N–H and O–H groups in total. The van der Waals surface area contributed by atoms with E-state index < -0.39 is 6.10 Å². The van der Waals surface area contributed by atoms with Gasteiger partial charge in [-0.2, -0.15) is 0 Å². The number of halogens is 1. The molecule has 0 bridgehead atoms.